The summed E-state index contributed by atoms with van der Waals surface area (Å²) in [5, 5.41) is 18.7. The van der Waals surface area contributed by atoms with E-state index in [1.807, 2.05) is 6.92 Å². The molecule has 0 unspecified atom stereocenters. The SMILES string of the molecule is Cc1c(O)c(CO)c(Br)c(C)c1Br. The largest absolute Gasteiger partial charge is 0.507 e. The lowest BCUT2D eigenvalue weighted by molar-refractivity contribution is 0.274. The van der Waals surface area contributed by atoms with Gasteiger partial charge in [0.25, 0.3) is 0 Å². The van der Waals surface area contributed by atoms with Crippen LogP contribution in [0.4, 0.5) is 0 Å². The van der Waals surface area contributed by atoms with Crippen LogP contribution in [0.25, 0.3) is 0 Å². The van der Waals surface area contributed by atoms with Crippen LogP contribution in [0.1, 0.15) is 16.7 Å². The molecular formula is C9H10Br2O2. The van der Waals surface area contributed by atoms with Crippen molar-refractivity contribution in [1.82, 2.24) is 0 Å². The highest BCUT2D eigenvalue weighted by molar-refractivity contribution is 9.11. The lowest BCUT2D eigenvalue weighted by Crippen LogP contribution is -1.94. The zero-order valence-electron chi connectivity index (χ0n) is 7.36. The van der Waals surface area contributed by atoms with Crippen molar-refractivity contribution in [3.8, 4) is 5.75 Å². The predicted octanol–water partition coefficient (Wildman–Crippen LogP) is 3.03. The predicted molar refractivity (Wildman–Crippen MR) is 58.9 cm³/mol. The number of aliphatic hydroxyl groups is 1. The van der Waals surface area contributed by atoms with Gasteiger partial charge in [0.2, 0.25) is 0 Å². The Morgan fingerprint density at radius 3 is 2.08 bits per heavy atom. The molecule has 0 heterocycles. The topological polar surface area (TPSA) is 40.5 Å². The highest BCUT2D eigenvalue weighted by atomic mass is 79.9. The van der Waals surface area contributed by atoms with Crippen molar-refractivity contribution in [3.63, 3.8) is 0 Å². The highest BCUT2D eigenvalue weighted by Crippen LogP contribution is 2.38. The third kappa shape index (κ3) is 1.75. The van der Waals surface area contributed by atoms with Crippen molar-refractivity contribution >= 4 is 31.9 Å². The molecule has 0 bridgehead atoms. The molecule has 0 amide bonds. The summed E-state index contributed by atoms with van der Waals surface area (Å²) in [5.41, 5.74) is 2.28. The minimum atomic E-state index is -0.165. The van der Waals surface area contributed by atoms with Crippen LogP contribution in [-0.2, 0) is 6.61 Å². The number of halogens is 2. The molecule has 1 aromatic rings. The molecule has 0 aliphatic carbocycles. The molecule has 4 heteroatoms. The van der Waals surface area contributed by atoms with Gasteiger partial charge in [-0.25, -0.2) is 0 Å². The van der Waals surface area contributed by atoms with Gasteiger partial charge in [-0.3, -0.25) is 0 Å². The van der Waals surface area contributed by atoms with Crippen LogP contribution in [-0.4, -0.2) is 10.2 Å². The van der Waals surface area contributed by atoms with Crippen LogP contribution in [0.3, 0.4) is 0 Å². The lowest BCUT2D eigenvalue weighted by atomic mass is 10.1. The number of aliphatic hydroxyl groups excluding tert-OH is 1. The Morgan fingerprint density at radius 1 is 1.08 bits per heavy atom. The van der Waals surface area contributed by atoms with Crippen molar-refractivity contribution in [1.29, 1.82) is 0 Å². The first-order valence-corrected chi connectivity index (χ1v) is 5.36. The lowest BCUT2D eigenvalue weighted by Gasteiger charge is -2.12. The first-order chi connectivity index (χ1) is 6.00. The van der Waals surface area contributed by atoms with Crippen molar-refractivity contribution in [2.75, 3.05) is 0 Å². The zero-order chi connectivity index (χ0) is 10.2. The van der Waals surface area contributed by atoms with E-state index in [1.54, 1.807) is 6.92 Å². The van der Waals surface area contributed by atoms with Gasteiger partial charge in [-0.1, -0.05) is 15.9 Å². The summed E-state index contributed by atoms with van der Waals surface area (Å²) in [4.78, 5) is 0. The first-order valence-electron chi connectivity index (χ1n) is 3.77. The Hall–Kier alpha value is -0.0600. The second-order valence-electron chi connectivity index (χ2n) is 2.86. The Bertz CT molecular complexity index is 319. The fourth-order valence-electron chi connectivity index (χ4n) is 1.18. The molecule has 0 aromatic heterocycles. The fourth-order valence-corrected chi connectivity index (χ4v) is 2.35. The van der Waals surface area contributed by atoms with Crippen LogP contribution < -0.4 is 0 Å². The maximum absolute atomic E-state index is 9.66. The third-order valence-corrected chi connectivity index (χ3v) is 4.31. The Morgan fingerprint density at radius 2 is 1.62 bits per heavy atom. The Kier molecular flexibility index (Phi) is 3.38. The number of aromatic hydroxyl groups is 1. The van der Waals surface area contributed by atoms with Gasteiger partial charge in [0.15, 0.2) is 0 Å². The molecule has 0 fully saturated rings. The van der Waals surface area contributed by atoms with Gasteiger partial charge < -0.3 is 10.2 Å². The van der Waals surface area contributed by atoms with Crippen LogP contribution in [0.2, 0.25) is 0 Å². The van der Waals surface area contributed by atoms with Crippen LogP contribution in [0.15, 0.2) is 8.95 Å². The van der Waals surface area contributed by atoms with E-state index in [-0.39, 0.29) is 12.4 Å². The quantitative estimate of drug-likeness (QED) is 0.837. The minimum Gasteiger partial charge on any atom is -0.507 e. The van der Waals surface area contributed by atoms with Crippen molar-refractivity contribution in [2.24, 2.45) is 0 Å². The Balaban J connectivity index is 3.56. The molecule has 0 radical (unpaired) electrons. The average molecular weight is 310 g/mol. The number of hydrogen-bond acceptors (Lipinski definition) is 2. The van der Waals surface area contributed by atoms with Gasteiger partial charge in [0.1, 0.15) is 5.75 Å². The molecular weight excluding hydrogens is 300 g/mol. The molecule has 13 heavy (non-hydrogen) atoms. The average Bonchev–Trinajstić information content (AvgIpc) is 2.13. The van der Waals surface area contributed by atoms with E-state index in [2.05, 4.69) is 31.9 Å². The van der Waals surface area contributed by atoms with Crippen LogP contribution in [0.5, 0.6) is 5.75 Å². The van der Waals surface area contributed by atoms with E-state index < -0.39 is 0 Å². The molecule has 0 spiro atoms. The van der Waals surface area contributed by atoms with E-state index in [0.717, 1.165) is 20.1 Å². The normalized spacial score (nSPS) is 10.5. The third-order valence-electron chi connectivity index (χ3n) is 2.05. The number of benzene rings is 1. The van der Waals surface area contributed by atoms with Gasteiger partial charge in [-0.05, 0) is 35.3 Å². The van der Waals surface area contributed by atoms with Gasteiger partial charge in [-0.2, -0.15) is 0 Å². The number of phenols is 1. The van der Waals surface area contributed by atoms with Gasteiger partial charge >= 0.3 is 0 Å². The van der Waals surface area contributed by atoms with Crippen molar-refractivity contribution < 1.29 is 10.2 Å². The molecule has 2 nitrogen and oxygen atoms in total. The maximum Gasteiger partial charge on any atom is 0.126 e. The summed E-state index contributed by atoms with van der Waals surface area (Å²) < 4.78 is 1.62. The molecule has 0 aliphatic heterocycles. The molecule has 2 N–H and O–H groups in total. The maximum atomic E-state index is 9.66. The van der Waals surface area contributed by atoms with Crippen LogP contribution >= 0.6 is 31.9 Å². The van der Waals surface area contributed by atoms with Gasteiger partial charge in [0.05, 0.1) is 6.61 Å². The number of rotatable bonds is 1. The molecule has 1 rings (SSSR count). The van der Waals surface area contributed by atoms with E-state index in [0.29, 0.717) is 5.56 Å². The van der Waals surface area contributed by atoms with E-state index >= 15 is 0 Å². The fraction of sp³-hybridized carbons (Fsp3) is 0.333. The standard InChI is InChI=1S/C9H10Br2O2/c1-4-7(10)5(2)9(13)6(3-12)8(4)11/h12-13H,3H2,1-2H3. The van der Waals surface area contributed by atoms with Crippen LogP contribution in [0, 0.1) is 13.8 Å². The summed E-state index contributed by atoms with van der Waals surface area (Å²) in [6, 6.07) is 0. The molecule has 0 saturated carbocycles. The molecule has 0 aliphatic rings. The zero-order valence-corrected chi connectivity index (χ0v) is 10.5. The van der Waals surface area contributed by atoms with Gasteiger partial charge in [0, 0.05) is 20.1 Å². The molecule has 0 atom stereocenters. The highest BCUT2D eigenvalue weighted by Gasteiger charge is 2.15. The number of hydrogen-bond donors (Lipinski definition) is 2. The summed E-state index contributed by atoms with van der Waals surface area (Å²) in [5.74, 6) is 0.145. The summed E-state index contributed by atoms with van der Waals surface area (Å²) in [7, 11) is 0. The monoisotopic (exact) mass is 308 g/mol. The molecule has 72 valence electrons. The summed E-state index contributed by atoms with van der Waals surface area (Å²) in [6.45, 7) is 3.55. The van der Waals surface area contributed by atoms with Gasteiger partial charge in [-0.15, -0.1) is 0 Å². The van der Waals surface area contributed by atoms with E-state index in [1.165, 1.54) is 0 Å². The second-order valence-corrected chi connectivity index (χ2v) is 4.45. The molecule has 0 saturated heterocycles. The van der Waals surface area contributed by atoms with E-state index in [9.17, 15) is 5.11 Å². The van der Waals surface area contributed by atoms with Crippen molar-refractivity contribution in [3.05, 3.63) is 25.6 Å². The van der Waals surface area contributed by atoms with Crippen molar-refractivity contribution in [2.45, 2.75) is 20.5 Å². The molecule has 1 aromatic carbocycles. The second kappa shape index (κ2) is 3.98. The first kappa shape index (κ1) is 11.0. The Labute approximate surface area is 93.8 Å². The minimum absolute atomic E-state index is 0.145. The smallest absolute Gasteiger partial charge is 0.126 e. The summed E-state index contributed by atoms with van der Waals surface area (Å²) in [6.07, 6.45) is 0. The summed E-state index contributed by atoms with van der Waals surface area (Å²) >= 11 is 6.70. The van der Waals surface area contributed by atoms with E-state index in [4.69, 9.17) is 5.11 Å².